The molecule has 178 valence electrons. The maximum Gasteiger partial charge on any atom is 0.337 e. The Morgan fingerprint density at radius 2 is 1.97 bits per heavy atom. The number of carbonyl (C=O) groups excluding carboxylic acids is 2. The molecule has 0 aliphatic carbocycles. The molecule has 1 unspecified atom stereocenters. The van der Waals surface area contributed by atoms with E-state index in [1.807, 2.05) is 36.4 Å². The van der Waals surface area contributed by atoms with Gasteiger partial charge >= 0.3 is 5.97 Å². The summed E-state index contributed by atoms with van der Waals surface area (Å²) >= 11 is 0. The van der Waals surface area contributed by atoms with E-state index in [1.165, 1.54) is 13.4 Å². The highest BCUT2D eigenvalue weighted by Gasteiger charge is 2.59. The predicted molar refractivity (Wildman–Crippen MR) is 132 cm³/mol. The molecule has 1 spiro atoms. The first-order chi connectivity index (χ1) is 16.5. The van der Waals surface area contributed by atoms with E-state index in [-0.39, 0.29) is 23.7 Å². The van der Waals surface area contributed by atoms with E-state index in [4.69, 9.17) is 9.47 Å². The molecule has 2 fully saturated rings. The van der Waals surface area contributed by atoms with Crippen LogP contribution in [0.5, 0.6) is 0 Å². The number of rotatable bonds is 5. The molecular weight excluding hydrogens is 428 g/mol. The van der Waals surface area contributed by atoms with Gasteiger partial charge in [-0.15, -0.1) is 0 Å². The second-order valence-corrected chi connectivity index (χ2v) is 9.59. The quantitative estimate of drug-likeness (QED) is 0.402. The van der Waals surface area contributed by atoms with Crippen molar-refractivity contribution in [2.45, 2.75) is 37.8 Å². The molecular formula is C28H32N2O4. The molecule has 2 saturated heterocycles. The first kappa shape index (κ1) is 22.7. The number of Topliss-reactive ketones (excluding diaryl/α,β-unsaturated/α-hetero) is 1. The van der Waals surface area contributed by atoms with Crippen molar-refractivity contribution in [2.24, 2.45) is 11.8 Å². The van der Waals surface area contributed by atoms with Crippen LogP contribution in [0, 0.1) is 11.8 Å². The van der Waals surface area contributed by atoms with Gasteiger partial charge in [-0.1, -0.05) is 55.8 Å². The number of piperidine rings is 1. The summed E-state index contributed by atoms with van der Waals surface area (Å²) in [6.07, 6.45) is 3.93. The maximum absolute atomic E-state index is 14.2. The van der Waals surface area contributed by atoms with E-state index in [0.29, 0.717) is 17.9 Å². The molecule has 0 saturated carbocycles. The third-order valence-corrected chi connectivity index (χ3v) is 8.05. The van der Waals surface area contributed by atoms with Crippen molar-refractivity contribution < 1.29 is 19.1 Å². The molecule has 0 radical (unpaired) electrons. The van der Waals surface area contributed by atoms with Crippen molar-refractivity contribution in [2.75, 3.05) is 32.6 Å². The molecule has 3 aliphatic heterocycles. The Kier molecular flexibility index (Phi) is 5.94. The highest BCUT2D eigenvalue weighted by Crippen LogP contribution is 2.50. The van der Waals surface area contributed by atoms with Crippen molar-refractivity contribution in [3.63, 3.8) is 0 Å². The summed E-state index contributed by atoms with van der Waals surface area (Å²) in [5, 5.41) is 3.68. The lowest BCUT2D eigenvalue weighted by Crippen LogP contribution is -2.57. The third kappa shape index (κ3) is 3.43. The second-order valence-electron chi connectivity index (χ2n) is 9.59. The first-order valence-electron chi connectivity index (χ1n) is 12.1. The van der Waals surface area contributed by atoms with Gasteiger partial charge in [-0.3, -0.25) is 9.69 Å². The van der Waals surface area contributed by atoms with Crippen LogP contribution in [0.15, 0.2) is 60.4 Å². The minimum atomic E-state index is -0.682. The lowest BCUT2D eigenvalue weighted by molar-refractivity contribution is -0.137. The number of nitrogens with one attached hydrogen (secondary N) is 1. The van der Waals surface area contributed by atoms with E-state index in [2.05, 4.69) is 29.3 Å². The summed E-state index contributed by atoms with van der Waals surface area (Å²) in [4.78, 5) is 29.3. The number of hydrogen-bond acceptors (Lipinski definition) is 6. The van der Waals surface area contributed by atoms with Gasteiger partial charge in [0, 0.05) is 24.8 Å². The minimum Gasteiger partial charge on any atom is -0.504 e. The predicted octanol–water partition coefficient (Wildman–Crippen LogP) is 4.52. The Labute approximate surface area is 200 Å². The Balaban J connectivity index is 1.53. The fourth-order valence-electron chi connectivity index (χ4n) is 6.40. The van der Waals surface area contributed by atoms with Crippen molar-refractivity contribution in [3.8, 4) is 11.1 Å². The third-order valence-electron chi connectivity index (χ3n) is 8.05. The molecule has 3 aliphatic rings. The molecule has 0 amide bonds. The van der Waals surface area contributed by atoms with Gasteiger partial charge in [0.1, 0.15) is 5.54 Å². The Hall–Kier alpha value is -3.12. The Morgan fingerprint density at radius 1 is 1.18 bits per heavy atom. The molecule has 3 heterocycles. The minimum absolute atomic E-state index is 0.00580. The van der Waals surface area contributed by atoms with E-state index >= 15 is 0 Å². The second kappa shape index (κ2) is 8.91. The lowest BCUT2D eigenvalue weighted by Gasteiger charge is -2.45. The van der Waals surface area contributed by atoms with Crippen LogP contribution in [0.3, 0.4) is 0 Å². The molecule has 6 nitrogen and oxygen atoms in total. The highest BCUT2D eigenvalue weighted by atomic mass is 16.5. The number of esters is 1. The standard InChI is InChI=1S/C28H32N2O4/c1-4-18-16-30-14-13-28(24(30)15-21(18)22(17-33-2)27(32)34-3)26(31)25-20(11-8-12-23(25)29-28)19-9-6-5-7-10-19/h5-12,17-18,21,24,29H,4,13-16H2,1-3H3/t18-,21+,24?,28+/m1/s1. The van der Waals surface area contributed by atoms with Crippen molar-refractivity contribution >= 4 is 17.4 Å². The smallest absolute Gasteiger partial charge is 0.337 e. The monoisotopic (exact) mass is 460 g/mol. The topological polar surface area (TPSA) is 67.9 Å². The average molecular weight is 461 g/mol. The van der Waals surface area contributed by atoms with Crippen molar-refractivity contribution in [3.05, 3.63) is 65.9 Å². The van der Waals surface area contributed by atoms with E-state index in [0.717, 1.165) is 48.3 Å². The molecule has 2 aromatic rings. The number of methoxy groups -OCH3 is 2. The molecule has 1 N–H and O–H groups in total. The van der Waals surface area contributed by atoms with Crippen LogP contribution in [0.4, 0.5) is 5.69 Å². The number of ether oxygens (including phenoxy) is 2. The zero-order chi connectivity index (χ0) is 23.9. The first-order valence-corrected chi connectivity index (χ1v) is 12.1. The summed E-state index contributed by atoms with van der Waals surface area (Å²) in [5.41, 5.74) is 3.59. The van der Waals surface area contributed by atoms with Gasteiger partial charge in [0.15, 0.2) is 5.78 Å². The van der Waals surface area contributed by atoms with Gasteiger partial charge in [-0.05, 0) is 41.9 Å². The molecule has 0 bridgehead atoms. The normalized spacial score (nSPS) is 28.4. The van der Waals surface area contributed by atoms with Gasteiger partial charge < -0.3 is 14.8 Å². The number of ketones is 1. The van der Waals surface area contributed by atoms with Crippen LogP contribution in [-0.4, -0.2) is 55.5 Å². The molecule has 0 aromatic heterocycles. The van der Waals surface area contributed by atoms with Crippen LogP contribution in [0.1, 0.15) is 36.5 Å². The largest absolute Gasteiger partial charge is 0.504 e. The van der Waals surface area contributed by atoms with Crippen molar-refractivity contribution in [1.29, 1.82) is 0 Å². The average Bonchev–Trinajstić information content (AvgIpc) is 3.38. The van der Waals surface area contributed by atoms with Gasteiger partial charge in [0.2, 0.25) is 0 Å². The van der Waals surface area contributed by atoms with Gasteiger partial charge in [-0.25, -0.2) is 4.79 Å². The zero-order valence-electron chi connectivity index (χ0n) is 20.0. The van der Waals surface area contributed by atoms with Crippen LogP contribution < -0.4 is 5.32 Å². The Morgan fingerprint density at radius 3 is 2.68 bits per heavy atom. The number of fused-ring (bicyclic) bond motifs is 3. The van der Waals surface area contributed by atoms with Crippen LogP contribution >= 0.6 is 0 Å². The fraction of sp³-hybridized carbons (Fsp3) is 0.429. The number of nitrogens with zero attached hydrogens (tertiary/aromatic N) is 1. The van der Waals surface area contributed by atoms with Crippen LogP contribution in [0.2, 0.25) is 0 Å². The van der Waals surface area contributed by atoms with E-state index in [9.17, 15) is 9.59 Å². The summed E-state index contributed by atoms with van der Waals surface area (Å²) in [6, 6.07) is 16.1. The Bertz CT molecular complexity index is 1130. The van der Waals surface area contributed by atoms with Gasteiger partial charge in [0.25, 0.3) is 0 Å². The number of hydrogen-bond donors (Lipinski definition) is 1. The lowest BCUT2D eigenvalue weighted by atomic mass is 9.71. The highest BCUT2D eigenvalue weighted by molar-refractivity contribution is 6.18. The molecule has 34 heavy (non-hydrogen) atoms. The van der Waals surface area contributed by atoms with Gasteiger partial charge in [0.05, 0.1) is 31.6 Å². The van der Waals surface area contributed by atoms with Crippen LogP contribution in [0.25, 0.3) is 11.1 Å². The van der Waals surface area contributed by atoms with E-state index in [1.54, 1.807) is 7.11 Å². The summed E-state index contributed by atoms with van der Waals surface area (Å²) in [6.45, 7) is 3.87. The number of anilines is 1. The summed E-state index contributed by atoms with van der Waals surface area (Å²) in [5.74, 6) is 0.0795. The molecule has 5 rings (SSSR count). The number of benzene rings is 2. The summed E-state index contributed by atoms with van der Waals surface area (Å²) in [7, 11) is 2.96. The van der Waals surface area contributed by atoms with Gasteiger partial charge in [-0.2, -0.15) is 0 Å². The zero-order valence-corrected chi connectivity index (χ0v) is 20.0. The molecule has 6 heteroatoms. The maximum atomic E-state index is 14.2. The fourth-order valence-corrected chi connectivity index (χ4v) is 6.40. The summed E-state index contributed by atoms with van der Waals surface area (Å²) < 4.78 is 10.4. The SMILES string of the molecule is CC[C@@H]1CN2CC[C@]3(Nc4cccc(-c5ccccc5)c4C3=O)C2C[C@@H]1C(=COC)C(=O)OC. The molecule has 2 aromatic carbocycles. The molecule has 4 atom stereocenters. The number of carbonyl (C=O) groups is 2. The van der Waals surface area contributed by atoms with Crippen molar-refractivity contribution in [1.82, 2.24) is 4.90 Å². The van der Waals surface area contributed by atoms with Crippen LogP contribution in [-0.2, 0) is 14.3 Å². The van der Waals surface area contributed by atoms with E-state index < -0.39 is 5.54 Å².